The summed E-state index contributed by atoms with van der Waals surface area (Å²) in [6, 6.07) is 18.2. The van der Waals surface area contributed by atoms with Gasteiger partial charge >= 0.3 is 0 Å². The highest BCUT2D eigenvalue weighted by molar-refractivity contribution is 5.96. The van der Waals surface area contributed by atoms with Crippen LogP contribution in [-0.2, 0) is 10.8 Å². The molecule has 144 valence electrons. The van der Waals surface area contributed by atoms with E-state index in [1.807, 2.05) is 0 Å². The highest BCUT2D eigenvalue weighted by Crippen LogP contribution is 2.65. The Morgan fingerprint density at radius 3 is 2.28 bits per heavy atom. The van der Waals surface area contributed by atoms with E-state index in [2.05, 4.69) is 82.3 Å². The van der Waals surface area contributed by atoms with E-state index < -0.39 is 0 Å². The van der Waals surface area contributed by atoms with Crippen molar-refractivity contribution in [2.45, 2.75) is 51.4 Å². The average Bonchev–Trinajstić information content (AvgIpc) is 3.44. The number of hydrogen-bond donors (Lipinski definition) is 1. The van der Waals surface area contributed by atoms with Crippen LogP contribution in [0.15, 0.2) is 54.6 Å². The first-order valence-electron chi connectivity index (χ1n) is 10.7. The van der Waals surface area contributed by atoms with E-state index in [4.69, 9.17) is 5.73 Å². The molecule has 1 atom stereocenters. The quantitative estimate of drug-likeness (QED) is 0.471. The number of rotatable bonds is 1. The Labute approximate surface area is 173 Å². The number of hydrogen-bond acceptors (Lipinski definition) is 1. The summed E-state index contributed by atoms with van der Waals surface area (Å²) < 4.78 is 0. The Hall–Kier alpha value is -2.80. The van der Waals surface area contributed by atoms with Gasteiger partial charge in [-0.05, 0) is 99.9 Å². The molecule has 1 heteroatoms. The number of nitrogen functional groups attached to an aromatic ring is 1. The third kappa shape index (κ3) is 2.01. The fraction of sp³-hybridized carbons (Fsp3) is 0.286. The molecule has 0 aromatic heterocycles. The summed E-state index contributed by atoms with van der Waals surface area (Å²) in [7, 11) is 0. The van der Waals surface area contributed by atoms with Crippen LogP contribution in [0.1, 0.15) is 65.6 Å². The summed E-state index contributed by atoms with van der Waals surface area (Å²) in [4.78, 5) is 0. The van der Waals surface area contributed by atoms with Crippen molar-refractivity contribution in [2.75, 3.05) is 5.73 Å². The van der Waals surface area contributed by atoms with Crippen LogP contribution in [0, 0.1) is 13.8 Å². The molecule has 1 nitrogen and oxygen atoms in total. The standard InChI is InChI=1S/C28H27N/c1-16-8-9-17(2)26-25(16)27(3,4)15-28(26)22-7-5-6-20(18-10-11-18)24(22)21-13-12-19(29)14-23(21)28/h5-10,12-14H,11,15,29H2,1-4H3. The maximum absolute atomic E-state index is 6.37. The predicted molar refractivity (Wildman–Crippen MR) is 122 cm³/mol. The normalized spacial score (nSPS) is 22.3. The van der Waals surface area contributed by atoms with Gasteiger partial charge in [-0.3, -0.25) is 0 Å². The van der Waals surface area contributed by atoms with E-state index in [0.29, 0.717) is 0 Å². The third-order valence-electron chi connectivity index (χ3n) is 7.48. The smallest absolute Gasteiger partial charge is 0.0478 e. The summed E-state index contributed by atoms with van der Waals surface area (Å²) in [5.74, 6) is 0. The molecule has 3 aliphatic rings. The minimum Gasteiger partial charge on any atom is -0.399 e. The molecule has 1 unspecified atom stereocenters. The van der Waals surface area contributed by atoms with E-state index >= 15 is 0 Å². The van der Waals surface area contributed by atoms with Crippen LogP contribution in [0.3, 0.4) is 0 Å². The van der Waals surface area contributed by atoms with Gasteiger partial charge in [-0.25, -0.2) is 0 Å². The van der Waals surface area contributed by atoms with Crippen LogP contribution in [0.5, 0.6) is 0 Å². The van der Waals surface area contributed by atoms with Gasteiger partial charge in [0.1, 0.15) is 0 Å². The predicted octanol–water partition coefficient (Wildman–Crippen LogP) is 6.67. The fourth-order valence-corrected chi connectivity index (χ4v) is 6.55. The summed E-state index contributed by atoms with van der Waals surface area (Å²) >= 11 is 0. The molecule has 0 saturated heterocycles. The third-order valence-corrected chi connectivity index (χ3v) is 7.48. The molecule has 0 bridgehead atoms. The maximum atomic E-state index is 6.37. The topological polar surface area (TPSA) is 26.0 Å². The lowest BCUT2D eigenvalue weighted by molar-refractivity contribution is 0.448. The van der Waals surface area contributed by atoms with Crippen molar-refractivity contribution in [1.82, 2.24) is 0 Å². The Balaban J connectivity index is 1.81. The maximum Gasteiger partial charge on any atom is 0.0478 e. The van der Waals surface area contributed by atoms with Crippen LogP contribution in [-0.4, -0.2) is 0 Å². The molecule has 29 heavy (non-hydrogen) atoms. The molecule has 0 saturated carbocycles. The molecule has 6 rings (SSSR count). The first kappa shape index (κ1) is 17.1. The van der Waals surface area contributed by atoms with Gasteiger partial charge in [-0.15, -0.1) is 0 Å². The van der Waals surface area contributed by atoms with Crippen molar-refractivity contribution in [3.63, 3.8) is 0 Å². The zero-order valence-corrected chi connectivity index (χ0v) is 17.7. The molecular weight excluding hydrogens is 350 g/mol. The summed E-state index contributed by atoms with van der Waals surface area (Å²) in [6.07, 6.45) is 4.56. The van der Waals surface area contributed by atoms with Crippen molar-refractivity contribution in [2.24, 2.45) is 0 Å². The first-order chi connectivity index (χ1) is 13.8. The largest absolute Gasteiger partial charge is 0.399 e. The second-order valence-electron chi connectivity index (χ2n) is 9.88. The number of nitrogens with two attached hydrogens (primary N) is 1. The Morgan fingerprint density at radius 2 is 1.55 bits per heavy atom. The molecule has 0 fully saturated rings. The highest BCUT2D eigenvalue weighted by Gasteiger charge is 2.55. The van der Waals surface area contributed by atoms with Gasteiger partial charge in [0.2, 0.25) is 0 Å². The number of anilines is 1. The first-order valence-corrected chi connectivity index (χ1v) is 10.7. The van der Waals surface area contributed by atoms with Crippen molar-refractivity contribution in [1.29, 1.82) is 0 Å². The van der Waals surface area contributed by atoms with E-state index in [9.17, 15) is 0 Å². The van der Waals surface area contributed by atoms with Crippen molar-refractivity contribution in [3.05, 3.63) is 93.6 Å². The van der Waals surface area contributed by atoms with Crippen LogP contribution >= 0.6 is 0 Å². The average molecular weight is 378 g/mol. The highest BCUT2D eigenvalue weighted by atomic mass is 14.6. The van der Waals surface area contributed by atoms with E-state index in [-0.39, 0.29) is 10.8 Å². The second kappa shape index (κ2) is 5.21. The van der Waals surface area contributed by atoms with E-state index in [0.717, 1.165) is 18.5 Å². The van der Waals surface area contributed by atoms with Crippen LogP contribution < -0.4 is 5.73 Å². The number of benzene rings is 3. The second-order valence-corrected chi connectivity index (χ2v) is 9.88. The van der Waals surface area contributed by atoms with Crippen LogP contribution in [0.25, 0.3) is 16.7 Å². The zero-order chi connectivity index (χ0) is 20.1. The molecule has 0 amide bonds. The monoisotopic (exact) mass is 377 g/mol. The van der Waals surface area contributed by atoms with Gasteiger partial charge in [0, 0.05) is 11.1 Å². The lowest BCUT2D eigenvalue weighted by Crippen LogP contribution is -2.27. The molecule has 0 aliphatic heterocycles. The van der Waals surface area contributed by atoms with Gasteiger partial charge in [-0.1, -0.05) is 56.3 Å². The molecule has 3 aliphatic carbocycles. The van der Waals surface area contributed by atoms with Crippen LogP contribution in [0.4, 0.5) is 5.69 Å². The van der Waals surface area contributed by atoms with Gasteiger partial charge in [0.15, 0.2) is 0 Å². The molecule has 3 aromatic carbocycles. The molecule has 0 radical (unpaired) electrons. The van der Waals surface area contributed by atoms with Gasteiger partial charge < -0.3 is 5.73 Å². The Morgan fingerprint density at radius 1 is 0.828 bits per heavy atom. The SMILES string of the molecule is Cc1ccc(C)c2c1C(C)(C)CC21c2cc(N)ccc2-c2c(C3=CC3)cccc21. The molecule has 0 heterocycles. The van der Waals surface area contributed by atoms with Crippen molar-refractivity contribution < 1.29 is 0 Å². The molecular formula is C28H27N. The number of allylic oxidation sites excluding steroid dienone is 2. The Kier molecular flexibility index (Phi) is 3.07. The van der Waals surface area contributed by atoms with Gasteiger partial charge in [0.05, 0.1) is 0 Å². The lowest BCUT2D eigenvalue weighted by atomic mass is 9.70. The molecule has 2 N–H and O–H groups in total. The van der Waals surface area contributed by atoms with Gasteiger partial charge in [-0.2, -0.15) is 0 Å². The fourth-order valence-electron chi connectivity index (χ4n) is 6.55. The van der Waals surface area contributed by atoms with Crippen molar-refractivity contribution >= 4 is 11.3 Å². The summed E-state index contributed by atoms with van der Waals surface area (Å²) in [6.45, 7) is 9.41. The summed E-state index contributed by atoms with van der Waals surface area (Å²) in [5, 5.41) is 0. The minimum atomic E-state index is -0.111. The number of fused-ring (bicyclic) bond motifs is 7. The molecule has 3 aromatic rings. The zero-order valence-electron chi connectivity index (χ0n) is 17.7. The minimum absolute atomic E-state index is 0.111. The van der Waals surface area contributed by atoms with E-state index in [1.54, 1.807) is 0 Å². The molecule has 1 spiro atoms. The van der Waals surface area contributed by atoms with Crippen LogP contribution in [0.2, 0.25) is 0 Å². The lowest BCUT2D eigenvalue weighted by Gasteiger charge is -2.31. The number of aryl methyl sites for hydroxylation is 2. The summed E-state index contributed by atoms with van der Waals surface area (Å²) in [5.41, 5.74) is 21.7. The van der Waals surface area contributed by atoms with Crippen molar-refractivity contribution in [3.8, 4) is 11.1 Å². The van der Waals surface area contributed by atoms with E-state index in [1.165, 1.54) is 55.6 Å². The Bertz CT molecular complexity index is 1260. The van der Waals surface area contributed by atoms with Gasteiger partial charge in [0.25, 0.3) is 0 Å².